The Bertz CT molecular complexity index is 404. The lowest BCUT2D eigenvalue weighted by Gasteiger charge is -2.26. The van der Waals surface area contributed by atoms with E-state index in [1.54, 1.807) is 12.1 Å². The van der Waals surface area contributed by atoms with Gasteiger partial charge in [-0.3, -0.25) is 0 Å². The molecule has 0 amide bonds. The SMILES string of the molecule is CN(Cc1ccc(F)cc1)S(=O)C1CCOCC1. The van der Waals surface area contributed by atoms with E-state index in [1.807, 2.05) is 11.4 Å². The largest absolute Gasteiger partial charge is 0.381 e. The molecule has 1 unspecified atom stereocenters. The average molecular weight is 271 g/mol. The van der Waals surface area contributed by atoms with Crippen LogP contribution in [0.5, 0.6) is 0 Å². The highest BCUT2D eigenvalue weighted by Crippen LogP contribution is 2.17. The standard InChI is InChI=1S/C13H18FNO2S/c1-15(10-11-2-4-12(14)5-3-11)18(16)13-6-8-17-9-7-13/h2-5,13H,6-10H2,1H3. The van der Waals surface area contributed by atoms with E-state index in [0.717, 1.165) is 18.4 Å². The molecule has 1 aromatic carbocycles. The van der Waals surface area contributed by atoms with Crippen LogP contribution in [0.1, 0.15) is 18.4 Å². The molecule has 0 aromatic heterocycles. The van der Waals surface area contributed by atoms with Gasteiger partial charge in [0.15, 0.2) is 0 Å². The summed E-state index contributed by atoms with van der Waals surface area (Å²) in [6, 6.07) is 6.32. The number of halogens is 1. The lowest BCUT2D eigenvalue weighted by molar-refractivity contribution is 0.0984. The molecule has 5 heteroatoms. The molecule has 1 fully saturated rings. The first-order valence-electron chi connectivity index (χ1n) is 6.11. The molecule has 1 atom stereocenters. The Morgan fingerprint density at radius 1 is 1.33 bits per heavy atom. The van der Waals surface area contributed by atoms with Gasteiger partial charge in [0, 0.05) is 26.8 Å². The highest BCUT2D eigenvalue weighted by atomic mass is 32.2. The van der Waals surface area contributed by atoms with E-state index in [0.29, 0.717) is 19.8 Å². The summed E-state index contributed by atoms with van der Waals surface area (Å²) in [6.07, 6.45) is 1.70. The molecule has 0 bridgehead atoms. The number of ether oxygens (including phenoxy) is 1. The van der Waals surface area contributed by atoms with E-state index in [4.69, 9.17) is 4.74 Å². The predicted octanol–water partition coefficient (Wildman–Crippen LogP) is 2.10. The molecule has 0 aliphatic carbocycles. The van der Waals surface area contributed by atoms with Crippen molar-refractivity contribution in [1.82, 2.24) is 4.31 Å². The van der Waals surface area contributed by atoms with Crippen LogP contribution in [0.25, 0.3) is 0 Å². The molecule has 0 N–H and O–H groups in total. The predicted molar refractivity (Wildman–Crippen MR) is 69.9 cm³/mol. The van der Waals surface area contributed by atoms with Crippen LogP contribution in [0, 0.1) is 5.82 Å². The minimum atomic E-state index is -0.997. The Labute approximate surface area is 110 Å². The van der Waals surface area contributed by atoms with Crippen molar-refractivity contribution in [2.45, 2.75) is 24.6 Å². The molecule has 3 nitrogen and oxygen atoms in total. The maximum Gasteiger partial charge on any atom is 0.123 e. The monoisotopic (exact) mass is 271 g/mol. The van der Waals surface area contributed by atoms with Gasteiger partial charge in [-0.2, -0.15) is 0 Å². The van der Waals surface area contributed by atoms with Crippen molar-refractivity contribution >= 4 is 11.0 Å². The van der Waals surface area contributed by atoms with Crippen LogP contribution < -0.4 is 0 Å². The number of hydrogen-bond donors (Lipinski definition) is 0. The first-order chi connectivity index (χ1) is 8.66. The van der Waals surface area contributed by atoms with Gasteiger partial charge in [0.05, 0.1) is 16.2 Å². The fourth-order valence-corrected chi connectivity index (χ4v) is 3.42. The maximum atomic E-state index is 12.8. The van der Waals surface area contributed by atoms with Gasteiger partial charge in [-0.15, -0.1) is 0 Å². The van der Waals surface area contributed by atoms with Crippen LogP contribution >= 0.6 is 0 Å². The van der Waals surface area contributed by atoms with Crippen LogP contribution in [0.3, 0.4) is 0 Å². The van der Waals surface area contributed by atoms with Crippen molar-refractivity contribution in [2.75, 3.05) is 20.3 Å². The van der Waals surface area contributed by atoms with Gasteiger partial charge in [0.1, 0.15) is 5.82 Å². The third-order valence-corrected chi connectivity index (χ3v) is 4.86. The summed E-state index contributed by atoms with van der Waals surface area (Å²) in [5, 5.41) is 0.184. The quantitative estimate of drug-likeness (QED) is 0.839. The summed E-state index contributed by atoms with van der Waals surface area (Å²) >= 11 is 0. The fourth-order valence-electron chi connectivity index (χ4n) is 2.04. The highest BCUT2D eigenvalue weighted by Gasteiger charge is 2.23. The lowest BCUT2D eigenvalue weighted by atomic mass is 10.2. The van der Waals surface area contributed by atoms with E-state index in [9.17, 15) is 8.60 Å². The molecular weight excluding hydrogens is 253 g/mol. The van der Waals surface area contributed by atoms with E-state index < -0.39 is 11.0 Å². The second-order valence-electron chi connectivity index (χ2n) is 4.50. The molecule has 2 rings (SSSR count). The zero-order chi connectivity index (χ0) is 13.0. The first-order valence-corrected chi connectivity index (χ1v) is 7.28. The van der Waals surface area contributed by atoms with E-state index in [1.165, 1.54) is 12.1 Å². The molecule has 1 aliphatic rings. The summed E-state index contributed by atoms with van der Waals surface area (Å²) in [6.45, 7) is 1.96. The normalized spacial score (nSPS) is 19.1. The lowest BCUT2D eigenvalue weighted by Crippen LogP contribution is -2.34. The summed E-state index contributed by atoms with van der Waals surface area (Å²) < 4.78 is 32.2. The fraction of sp³-hybridized carbons (Fsp3) is 0.538. The van der Waals surface area contributed by atoms with Gasteiger partial charge in [-0.05, 0) is 30.5 Å². The zero-order valence-electron chi connectivity index (χ0n) is 10.5. The Morgan fingerprint density at radius 2 is 1.94 bits per heavy atom. The Balaban J connectivity index is 1.92. The van der Waals surface area contributed by atoms with Gasteiger partial charge in [0.25, 0.3) is 0 Å². The van der Waals surface area contributed by atoms with E-state index in [-0.39, 0.29) is 11.1 Å². The van der Waals surface area contributed by atoms with Crippen molar-refractivity contribution < 1.29 is 13.3 Å². The van der Waals surface area contributed by atoms with Crippen molar-refractivity contribution in [1.29, 1.82) is 0 Å². The number of rotatable bonds is 4. The van der Waals surface area contributed by atoms with Crippen LogP contribution in [-0.2, 0) is 22.3 Å². The molecule has 1 aliphatic heterocycles. The smallest absolute Gasteiger partial charge is 0.123 e. The molecule has 18 heavy (non-hydrogen) atoms. The summed E-state index contributed by atoms with van der Waals surface area (Å²) in [5.41, 5.74) is 0.972. The molecule has 0 spiro atoms. The Kier molecular flexibility index (Phi) is 4.86. The third-order valence-electron chi connectivity index (χ3n) is 3.08. The Hall–Kier alpha value is -0.780. The van der Waals surface area contributed by atoms with Crippen molar-refractivity contribution in [3.63, 3.8) is 0 Å². The minimum absolute atomic E-state index is 0.184. The number of hydrogen-bond acceptors (Lipinski definition) is 2. The molecular formula is C13H18FNO2S. The molecule has 1 heterocycles. The summed E-state index contributed by atoms with van der Waals surface area (Å²) in [4.78, 5) is 0. The van der Waals surface area contributed by atoms with Gasteiger partial charge in [0.2, 0.25) is 0 Å². The van der Waals surface area contributed by atoms with Crippen molar-refractivity contribution in [3.05, 3.63) is 35.6 Å². The molecule has 1 saturated heterocycles. The topological polar surface area (TPSA) is 29.5 Å². The molecule has 0 saturated carbocycles. The van der Waals surface area contributed by atoms with E-state index >= 15 is 0 Å². The minimum Gasteiger partial charge on any atom is -0.381 e. The molecule has 0 radical (unpaired) electrons. The van der Waals surface area contributed by atoms with E-state index in [2.05, 4.69) is 0 Å². The van der Waals surface area contributed by atoms with Gasteiger partial charge >= 0.3 is 0 Å². The number of nitrogens with zero attached hydrogens (tertiary/aromatic N) is 1. The maximum absolute atomic E-state index is 12.8. The van der Waals surface area contributed by atoms with Crippen molar-refractivity contribution in [2.24, 2.45) is 0 Å². The van der Waals surface area contributed by atoms with Crippen LogP contribution in [0.4, 0.5) is 4.39 Å². The second-order valence-corrected chi connectivity index (χ2v) is 6.34. The van der Waals surface area contributed by atoms with Gasteiger partial charge in [-0.25, -0.2) is 12.9 Å². The van der Waals surface area contributed by atoms with Gasteiger partial charge in [-0.1, -0.05) is 12.1 Å². The van der Waals surface area contributed by atoms with Crippen LogP contribution in [0.2, 0.25) is 0 Å². The van der Waals surface area contributed by atoms with Gasteiger partial charge < -0.3 is 4.74 Å². The first kappa shape index (κ1) is 13.6. The van der Waals surface area contributed by atoms with Crippen LogP contribution in [0.15, 0.2) is 24.3 Å². The third kappa shape index (κ3) is 3.60. The number of benzene rings is 1. The molecule has 1 aromatic rings. The summed E-state index contributed by atoms with van der Waals surface area (Å²) in [7, 11) is 0.845. The summed E-state index contributed by atoms with van der Waals surface area (Å²) in [5.74, 6) is -0.244. The second kappa shape index (κ2) is 6.41. The van der Waals surface area contributed by atoms with Crippen molar-refractivity contribution in [3.8, 4) is 0 Å². The zero-order valence-corrected chi connectivity index (χ0v) is 11.3. The highest BCUT2D eigenvalue weighted by molar-refractivity contribution is 7.83. The van der Waals surface area contributed by atoms with Crippen LogP contribution in [-0.4, -0.2) is 34.0 Å². The molecule has 100 valence electrons. The average Bonchev–Trinajstić information content (AvgIpc) is 2.41. The Morgan fingerprint density at radius 3 is 2.56 bits per heavy atom.